The van der Waals surface area contributed by atoms with Gasteiger partial charge in [-0.15, -0.1) is 0 Å². The molecular formula is C12H19NO. The van der Waals surface area contributed by atoms with Crippen LogP contribution in [0.25, 0.3) is 0 Å². The molecule has 1 saturated carbocycles. The Morgan fingerprint density at radius 2 is 2.36 bits per heavy atom. The highest BCUT2D eigenvalue weighted by molar-refractivity contribution is 5.10. The third kappa shape index (κ3) is 2.16. The second-order valence-electron chi connectivity index (χ2n) is 4.61. The van der Waals surface area contributed by atoms with Gasteiger partial charge in [0.25, 0.3) is 0 Å². The Balaban J connectivity index is 2.56. The molecule has 0 radical (unpaired) electrons. The smallest absolute Gasteiger partial charge is 0.0651 e. The van der Waals surface area contributed by atoms with Crippen molar-refractivity contribution in [1.29, 1.82) is 5.26 Å². The van der Waals surface area contributed by atoms with Gasteiger partial charge in [-0.25, -0.2) is 0 Å². The minimum atomic E-state index is -0.541. The van der Waals surface area contributed by atoms with E-state index in [2.05, 4.69) is 19.6 Å². The SMILES string of the molecule is C=C(CCC#N)[C@@H]1CC[C@@](C)(O)[C@H]1C. The fourth-order valence-corrected chi connectivity index (χ4v) is 2.32. The molecular weight excluding hydrogens is 174 g/mol. The van der Waals surface area contributed by atoms with Crippen LogP contribution in [0.3, 0.4) is 0 Å². The van der Waals surface area contributed by atoms with Crippen molar-refractivity contribution in [2.75, 3.05) is 0 Å². The maximum atomic E-state index is 10.0. The summed E-state index contributed by atoms with van der Waals surface area (Å²) >= 11 is 0. The molecule has 1 N–H and O–H groups in total. The number of nitriles is 1. The van der Waals surface area contributed by atoms with E-state index in [0.717, 1.165) is 24.8 Å². The van der Waals surface area contributed by atoms with E-state index in [0.29, 0.717) is 12.3 Å². The highest BCUT2D eigenvalue weighted by Gasteiger charge is 2.41. The first kappa shape index (κ1) is 11.3. The summed E-state index contributed by atoms with van der Waals surface area (Å²) in [6.07, 6.45) is 3.19. The van der Waals surface area contributed by atoms with Crippen LogP contribution in [0.2, 0.25) is 0 Å². The molecule has 0 aliphatic heterocycles. The van der Waals surface area contributed by atoms with E-state index in [1.807, 2.05) is 6.92 Å². The summed E-state index contributed by atoms with van der Waals surface area (Å²) in [7, 11) is 0. The molecule has 0 heterocycles. The van der Waals surface area contributed by atoms with Crippen molar-refractivity contribution in [2.24, 2.45) is 11.8 Å². The predicted octanol–water partition coefficient (Wildman–Crippen LogP) is 2.64. The van der Waals surface area contributed by atoms with Gasteiger partial charge in [0.15, 0.2) is 0 Å². The molecule has 0 spiro atoms. The number of rotatable bonds is 3. The zero-order chi connectivity index (χ0) is 10.8. The van der Waals surface area contributed by atoms with Crippen molar-refractivity contribution in [2.45, 2.75) is 45.1 Å². The first-order chi connectivity index (χ1) is 6.49. The molecule has 3 atom stereocenters. The molecule has 0 saturated heterocycles. The number of hydrogen-bond acceptors (Lipinski definition) is 2. The van der Waals surface area contributed by atoms with E-state index >= 15 is 0 Å². The van der Waals surface area contributed by atoms with Crippen molar-refractivity contribution in [3.63, 3.8) is 0 Å². The van der Waals surface area contributed by atoms with Gasteiger partial charge in [-0.1, -0.05) is 19.1 Å². The van der Waals surface area contributed by atoms with Crippen LogP contribution in [-0.2, 0) is 0 Å². The monoisotopic (exact) mass is 193 g/mol. The Morgan fingerprint density at radius 3 is 2.79 bits per heavy atom. The summed E-state index contributed by atoms with van der Waals surface area (Å²) in [6, 6.07) is 2.13. The van der Waals surface area contributed by atoms with Gasteiger partial charge in [-0.2, -0.15) is 5.26 Å². The summed E-state index contributed by atoms with van der Waals surface area (Å²) in [5.41, 5.74) is 0.595. The van der Waals surface area contributed by atoms with Crippen molar-refractivity contribution in [3.05, 3.63) is 12.2 Å². The number of nitrogens with zero attached hydrogens (tertiary/aromatic N) is 1. The summed E-state index contributed by atoms with van der Waals surface area (Å²) < 4.78 is 0. The zero-order valence-corrected chi connectivity index (χ0v) is 9.08. The molecule has 0 amide bonds. The molecule has 1 aliphatic rings. The minimum absolute atomic E-state index is 0.272. The van der Waals surface area contributed by atoms with Crippen LogP contribution in [0.1, 0.15) is 39.5 Å². The molecule has 0 unspecified atom stereocenters. The van der Waals surface area contributed by atoms with Crippen molar-refractivity contribution < 1.29 is 5.11 Å². The van der Waals surface area contributed by atoms with Gasteiger partial charge in [-0.3, -0.25) is 0 Å². The first-order valence-electron chi connectivity index (χ1n) is 5.26. The van der Waals surface area contributed by atoms with E-state index in [4.69, 9.17) is 5.26 Å². The van der Waals surface area contributed by atoms with E-state index in [1.165, 1.54) is 0 Å². The Morgan fingerprint density at radius 1 is 1.71 bits per heavy atom. The van der Waals surface area contributed by atoms with Gasteiger partial charge in [-0.05, 0) is 38.0 Å². The van der Waals surface area contributed by atoms with Gasteiger partial charge < -0.3 is 5.11 Å². The molecule has 0 aromatic rings. The fourth-order valence-electron chi connectivity index (χ4n) is 2.32. The number of allylic oxidation sites excluding steroid dienone is 1. The topological polar surface area (TPSA) is 44.0 Å². The Bertz CT molecular complexity index is 262. The van der Waals surface area contributed by atoms with E-state index in [9.17, 15) is 5.11 Å². The molecule has 78 valence electrons. The van der Waals surface area contributed by atoms with Crippen LogP contribution < -0.4 is 0 Å². The standard InChI is InChI=1S/C12H19NO/c1-9(5-4-8-13)11-6-7-12(3,14)10(11)2/h10-11,14H,1,4-7H2,2-3H3/t10-,11-,12+/m0/s1. The third-order valence-electron chi connectivity index (χ3n) is 3.63. The van der Waals surface area contributed by atoms with E-state index in [1.54, 1.807) is 0 Å². The highest BCUT2D eigenvalue weighted by Crippen LogP contribution is 2.43. The Kier molecular flexibility index (Phi) is 3.34. The van der Waals surface area contributed by atoms with E-state index in [-0.39, 0.29) is 5.92 Å². The van der Waals surface area contributed by atoms with E-state index < -0.39 is 5.60 Å². The molecule has 2 heteroatoms. The third-order valence-corrected chi connectivity index (χ3v) is 3.63. The van der Waals surface area contributed by atoms with Crippen LogP contribution in [0.15, 0.2) is 12.2 Å². The Labute approximate surface area is 86.2 Å². The van der Waals surface area contributed by atoms with Crippen LogP contribution in [0.4, 0.5) is 0 Å². The lowest BCUT2D eigenvalue weighted by molar-refractivity contribution is 0.0214. The first-order valence-corrected chi connectivity index (χ1v) is 5.26. The Hall–Kier alpha value is -0.810. The van der Waals surface area contributed by atoms with Crippen molar-refractivity contribution in [3.8, 4) is 6.07 Å². The molecule has 2 nitrogen and oxygen atoms in total. The number of hydrogen-bond donors (Lipinski definition) is 1. The van der Waals surface area contributed by atoms with Crippen LogP contribution >= 0.6 is 0 Å². The molecule has 14 heavy (non-hydrogen) atoms. The molecule has 1 rings (SSSR count). The molecule has 0 aromatic carbocycles. The van der Waals surface area contributed by atoms with Gasteiger partial charge >= 0.3 is 0 Å². The maximum Gasteiger partial charge on any atom is 0.0651 e. The van der Waals surface area contributed by atoms with Gasteiger partial charge in [0, 0.05) is 6.42 Å². The van der Waals surface area contributed by atoms with Gasteiger partial charge in [0.1, 0.15) is 0 Å². The molecule has 1 aliphatic carbocycles. The minimum Gasteiger partial charge on any atom is -0.390 e. The quantitative estimate of drug-likeness (QED) is 0.700. The normalized spacial score (nSPS) is 36.7. The largest absolute Gasteiger partial charge is 0.390 e. The average molecular weight is 193 g/mol. The lowest BCUT2D eigenvalue weighted by atomic mass is 9.84. The maximum absolute atomic E-state index is 10.0. The molecule has 0 aromatic heterocycles. The second kappa shape index (κ2) is 4.14. The van der Waals surface area contributed by atoms with Gasteiger partial charge in [0.2, 0.25) is 0 Å². The molecule has 1 fully saturated rings. The van der Waals surface area contributed by atoms with Crippen molar-refractivity contribution in [1.82, 2.24) is 0 Å². The number of aliphatic hydroxyl groups is 1. The second-order valence-corrected chi connectivity index (χ2v) is 4.61. The van der Waals surface area contributed by atoms with Crippen LogP contribution in [-0.4, -0.2) is 10.7 Å². The summed E-state index contributed by atoms with van der Waals surface area (Å²) in [4.78, 5) is 0. The summed E-state index contributed by atoms with van der Waals surface area (Å²) in [6.45, 7) is 8.00. The lowest BCUT2D eigenvalue weighted by Gasteiger charge is -2.26. The average Bonchev–Trinajstić information content (AvgIpc) is 2.39. The highest BCUT2D eigenvalue weighted by atomic mass is 16.3. The lowest BCUT2D eigenvalue weighted by Crippen LogP contribution is -2.29. The molecule has 0 bridgehead atoms. The predicted molar refractivity (Wildman–Crippen MR) is 56.5 cm³/mol. The fraction of sp³-hybridized carbons (Fsp3) is 0.750. The van der Waals surface area contributed by atoms with Gasteiger partial charge in [0.05, 0.1) is 11.7 Å². The summed E-state index contributed by atoms with van der Waals surface area (Å²) in [5.74, 6) is 0.673. The van der Waals surface area contributed by atoms with Crippen LogP contribution in [0.5, 0.6) is 0 Å². The van der Waals surface area contributed by atoms with Crippen molar-refractivity contribution >= 4 is 0 Å². The van der Waals surface area contributed by atoms with Crippen LogP contribution in [0, 0.1) is 23.2 Å². The zero-order valence-electron chi connectivity index (χ0n) is 9.08. The summed E-state index contributed by atoms with van der Waals surface area (Å²) in [5, 5.41) is 18.5.